The van der Waals surface area contributed by atoms with E-state index in [0.717, 1.165) is 16.7 Å². The van der Waals surface area contributed by atoms with Gasteiger partial charge in [0.1, 0.15) is 18.3 Å². The molecule has 0 heterocycles. The molecule has 178 valence electrons. The number of ether oxygens (including phenoxy) is 3. The van der Waals surface area contributed by atoms with Crippen molar-refractivity contribution in [3.05, 3.63) is 108 Å². The van der Waals surface area contributed by atoms with Crippen LogP contribution in [0, 0.1) is 5.92 Å². The van der Waals surface area contributed by atoms with Crippen LogP contribution >= 0.6 is 0 Å². The molecule has 6 nitrogen and oxygen atoms in total. The third kappa shape index (κ3) is 5.97. The number of hydrogen-bond acceptors (Lipinski definition) is 6. The van der Waals surface area contributed by atoms with E-state index in [9.17, 15) is 15.0 Å². The van der Waals surface area contributed by atoms with Crippen molar-refractivity contribution in [2.45, 2.75) is 44.2 Å². The molecule has 3 aromatic rings. The lowest BCUT2D eigenvalue weighted by Crippen LogP contribution is -2.62. The summed E-state index contributed by atoms with van der Waals surface area (Å²) < 4.78 is 18.5. The standard InChI is InChI=1S/C28H30O6/c29-16-23-24(30)25(31)27(33-18-21-12-6-2-7-13-21)28(34-19-22-14-8-3-9-15-22)26(23)32-17-20-10-4-1-5-11-20/h1-15,23,25-29,31H,16-19H2/t23-,25-,26+,27-,28-/m0/s1. The van der Waals surface area contributed by atoms with Gasteiger partial charge < -0.3 is 24.4 Å². The predicted molar refractivity (Wildman–Crippen MR) is 127 cm³/mol. The van der Waals surface area contributed by atoms with Crippen molar-refractivity contribution < 1.29 is 29.2 Å². The van der Waals surface area contributed by atoms with E-state index in [0.29, 0.717) is 0 Å². The van der Waals surface area contributed by atoms with Gasteiger partial charge >= 0.3 is 0 Å². The van der Waals surface area contributed by atoms with Crippen molar-refractivity contribution in [2.75, 3.05) is 6.61 Å². The average molecular weight is 463 g/mol. The summed E-state index contributed by atoms with van der Waals surface area (Å²) in [6, 6.07) is 28.8. The van der Waals surface area contributed by atoms with Gasteiger partial charge in [0.15, 0.2) is 5.78 Å². The van der Waals surface area contributed by atoms with Crippen LogP contribution < -0.4 is 0 Å². The molecule has 34 heavy (non-hydrogen) atoms. The SMILES string of the molecule is O=C1[C@H](O)[C@H](OCc2ccccc2)[C@@H](OCc2ccccc2)[C@H](OCc2ccccc2)[C@H]1CO. The number of carbonyl (C=O) groups excluding carboxylic acids is 1. The Kier molecular flexibility index (Phi) is 8.57. The van der Waals surface area contributed by atoms with Gasteiger partial charge in [-0.1, -0.05) is 91.0 Å². The van der Waals surface area contributed by atoms with Crippen LogP contribution in [-0.2, 0) is 38.8 Å². The fraction of sp³-hybridized carbons (Fsp3) is 0.321. The summed E-state index contributed by atoms with van der Waals surface area (Å²) in [7, 11) is 0. The second-order valence-electron chi connectivity index (χ2n) is 8.42. The van der Waals surface area contributed by atoms with Gasteiger partial charge in [0, 0.05) is 0 Å². The van der Waals surface area contributed by atoms with Crippen molar-refractivity contribution in [3.8, 4) is 0 Å². The van der Waals surface area contributed by atoms with E-state index < -0.39 is 42.7 Å². The van der Waals surface area contributed by atoms with Crippen molar-refractivity contribution in [3.63, 3.8) is 0 Å². The predicted octanol–water partition coefficient (Wildman–Crippen LogP) is 3.29. The number of ketones is 1. The molecule has 0 bridgehead atoms. The Balaban J connectivity index is 1.58. The molecule has 0 amide bonds. The number of aliphatic hydroxyl groups excluding tert-OH is 2. The molecule has 1 aliphatic rings. The molecule has 0 saturated heterocycles. The second-order valence-corrected chi connectivity index (χ2v) is 8.42. The van der Waals surface area contributed by atoms with Crippen LogP contribution in [0.4, 0.5) is 0 Å². The lowest BCUT2D eigenvalue weighted by molar-refractivity contribution is -0.217. The first-order valence-corrected chi connectivity index (χ1v) is 11.5. The minimum atomic E-state index is -1.43. The van der Waals surface area contributed by atoms with Crippen LogP contribution in [0.5, 0.6) is 0 Å². The number of rotatable bonds is 10. The van der Waals surface area contributed by atoms with Crippen LogP contribution in [0.15, 0.2) is 91.0 Å². The second kappa shape index (κ2) is 12.0. The Morgan fingerprint density at radius 2 is 0.971 bits per heavy atom. The maximum atomic E-state index is 13.0. The van der Waals surface area contributed by atoms with Gasteiger partial charge in [0.2, 0.25) is 0 Å². The first kappa shape index (κ1) is 24.3. The third-order valence-corrected chi connectivity index (χ3v) is 6.06. The molecule has 1 saturated carbocycles. The largest absolute Gasteiger partial charge is 0.396 e. The van der Waals surface area contributed by atoms with Gasteiger partial charge in [-0.15, -0.1) is 0 Å². The van der Waals surface area contributed by atoms with Crippen LogP contribution in [-0.4, -0.2) is 47.0 Å². The summed E-state index contributed by atoms with van der Waals surface area (Å²) in [5.41, 5.74) is 2.79. The molecule has 5 atom stereocenters. The van der Waals surface area contributed by atoms with E-state index >= 15 is 0 Å². The fourth-order valence-corrected chi connectivity index (χ4v) is 4.22. The summed E-state index contributed by atoms with van der Waals surface area (Å²) in [6.45, 7) is 0.241. The van der Waals surface area contributed by atoms with Crippen molar-refractivity contribution >= 4 is 5.78 Å². The highest BCUT2D eigenvalue weighted by Gasteiger charge is 2.51. The Morgan fingerprint density at radius 1 is 0.588 bits per heavy atom. The molecule has 3 aromatic carbocycles. The highest BCUT2D eigenvalue weighted by atomic mass is 16.6. The smallest absolute Gasteiger partial charge is 0.172 e. The van der Waals surface area contributed by atoms with Gasteiger partial charge in [-0.25, -0.2) is 0 Å². The molecule has 4 rings (SSSR count). The molecule has 0 aromatic heterocycles. The molecule has 6 heteroatoms. The Bertz CT molecular complexity index is 1010. The first-order chi connectivity index (χ1) is 16.7. The van der Waals surface area contributed by atoms with Crippen molar-refractivity contribution in [2.24, 2.45) is 5.92 Å². The fourth-order valence-electron chi connectivity index (χ4n) is 4.22. The van der Waals surface area contributed by atoms with E-state index in [1.165, 1.54) is 0 Å². The lowest BCUT2D eigenvalue weighted by Gasteiger charge is -2.43. The molecular formula is C28H30O6. The zero-order valence-corrected chi connectivity index (χ0v) is 18.9. The van der Waals surface area contributed by atoms with Crippen molar-refractivity contribution in [1.82, 2.24) is 0 Å². The van der Waals surface area contributed by atoms with Crippen LogP contribution in [0.3, 0.4) is 0 Å². The number of aliphatic hydroxyl groups is 2. The van der Waals surface area contributed by atoms with Gasteiger partial charge in [0.25, 0.3) is 0 Å². The molecule has 1 fully saturated rings. The summed E-state index contributed by atoms with van der Waals surface area (Å²) in [4.78, 5) is 13.0. The minimum Gasteiger partial charge on any atom is -0.396 e. The summed E-state index contributed by atoms with van der Waals surface area (Å²) in [6.07, 6.45) is -3.93. The van der Waals surface area contributed by atoms with Crippen LogP contribution in [0.2, 0.25) is 0 Å². The van der Waals surface area contributed by atoms with Crippen LogP contribution in [0.25, 0.3) is 0 Å². The monoisotopic (exact) mass is 462 g/mol. The number of carbonyl (C=O) groups is 1. The average Bonchev–Trinajstić information content (AvgIpc) is 2.89. The van der Waals surface area contributed by atoms with Gasteiger partial charge in [-0.2, -0.15) is 0 Å². The van der Waals surface area contributed by atoms with E-state index in [2.05, 4.69) is 0 Å². The highest BCUT2D eigenvalue weighted by Crippen LogP contribution is 2.31. The van der Waals surface area contributed by atoms with Gasteiger partial charge in [0.05, 0.1) is 38.4 Å². The molecule has 2 N–H and O–H groups in total. The third-order valence-electron chi connectivity index (χ3n) is 6.06. The van der Waals surface area contributed by atoms with E-state index in [1.54, 1.807) is 0 Å². The maximum absolute atomic E-state index is 13.0. The number of benzene rings is 3. The molecular weight excluding hydrogens is 432 g/mol. The number of hydrogen-bond donors (Lipinski definition) is 2. The maximum Gasteiger partial charge on any atom is 0.172 e. The van der Waals surface area contributed by atoms with Gasteiger partial charge in [-0.3, -0.25) is 4.79 Å². The molecule has 0 unspecified atom stereocenters. The Labute approximate surface area is 199 Å². The quantitative estimate of drug-likeness (QED) is 0.481. The zero-order valence-electron chi connectivity index (χ0n) is 18.9. The summed E-state index contributed by atoms with van der Waals surface area (Å²) >= 11 is 0. The number of Topliss-reactive ketones (excluding diaryl/α,β-unsaturated/α-hetero) is 1. The molecule has 1 aliphatic carbocycles. The zero-order chi connectivity index (χ0) is 23.8. The normalized spacial score (nSPS) is 24.8. The topological polar surface area (TPSA) is 85.2 Å². The minimum absolute atomic E-state index is 0.205. The van der Waals surface area contributed by atoms with Gasteiger partial charge in [-0.05, 0) is 16.7 Å². The van der Waals surface area contributed by atoms with E-state index in [-0.39, 0.29) is 19.8 Å². The van der Waals surface area contributed by atoms with E-state index in [4.69, 9.17) is 14.2 Å². The molecule has 0 spiro atoms. The highest BCUT2D eigenvalue weighted by molar-refractivity contribution is 5.87. The molecule has 0 aliphatic heterocycles. The molecule has 0 radical (unpaired) electrons. The lowest BCUT2D eigenvalue weighted by atomic mass is 9.79. The van der Waals surface area contributed by atoms with E-state index in [1.807, 2.05) is 91.0 Å². The summed E-state index contributed by atoms with van der Waals surface area (Å²) in [5.74, 6) is -1.42. The Hall–Kier alpha value is -2.87. The van der Waals surface area contributed by atoms with Crippen molar-refractivity contribution in [1.29, 1.82) is 0 Å². The first-order valence-electron chi connectivity index (χ1n) is 11.5. The summed E-state index contributed by atoms with van der Waals surface area (Å²) in [5, 5.41) is 20.9. The Morgan fingerprint density at radius 3 is 1.38 bits per heavy atom. The van der Waals surface area contributed by atoms with Crippen LogP contribution in [0.1, 0.15) is 16.7 Å².